The molecule has 2 fully saturated rings. The van der Waals surface area contributed by atoms with Gasteiger partial charge in [-0.15, -0.1) is 0 Å². The predicted octanol–water partition coefficient (Wildman–Crippen LogP) is 2.58. The van der Waals surface area contributed by atoms with E-state index in [1.807, 2.05) is 0 Å². The molecule has 0 amide bonds. The van der Waals surface area contributed by atoms with Crippen molar-refractivity contribution >= 4 is 0 Å². The third-order valence-corrected chi connectivity index (χ3v) is 3.56. The van der Waals surface area contributed by atoms with Crippen LogP contribution < -0.4 is 0 Å². The first kappa shape index (κ1) is 8.55. The van der Waals surface area contributed by atoms with E-state index in [1.54, 1.807) is 0 Å². The van der Waals surface area contributed by atoms with Crippen LogP contribution in [0.4, 0.5) is 0 Å². The van der Waals surface area contributed by atoms with Crippen molar-refractivity contribution in [3.8, 4) is 0 Å². The first-order valence-corrected chi connectivity index (χ1v) is 5.23. The lowest BCUT2D eigenvalue weighted by atomic mass is 9.62. The van der Waals surface area contributed by atoms with Crippen LogP contribution in [0.3, 0.4) is 0 Å². The van der Waals surface area contributed by atoms with Crippen molar-refractivity contribution in [3.63, 3.8) is 0 Å². The van der Waals surface area contributed by atoms with E-state index in [4.69, 9.17) is 0 Å². The fraction of sp³-hybridized carbons (Fsp3) is 1.00. The molecule has 0 aromatic heterocycles. The van der Waals surface area contributed by atoms with E-state index in [2.05, 4.69) is 13.8 Å². The van der Waals surface area contributed by atoms with Gasteiger partial charge in [0.2, 0.25) is 0 Å². The SMILES string of the molecule is CC1(C)CC2CC(O)CC(C2)C1. The van der Waals surface area contributed by atoms with Crippen molar-refractivity contribution in [2.24, 2.45) is 17.3 Å². The summed E-state index contributed by atoms with van der Waals surface area (Å²) in [6, 6.07) is 0. The maximum Gasteiger partial charge on any atom is 0.0545 e. The number of rotatable bonds is 0. The molecule has 12 heavy (non-hydrogen) atoms. The van der Waals surface area contributed by atoms with Crippen LogP contribution in [-0.2, 0) is 0 Å². The molecule has 0 heterocycles. The van der Waals surface area contributed by atoms with Crippen LogP contribution >= 0.6 is 0 Å². The Hall–Kier alpha value is -0.0400. The van der Waals surface area contributed by atoms with Crippen molar-refractivity contribution in [3.05, 3.63) is 0 Å². The second kappa shape index (κ2) is 2.73. The van der Waals surface area contributed by atoms with Gasteiger partial charge < -0.3 is 5.11 Å². The van der Waals surface area contributed by atoms with Crippen LogP contribution in [0.1, 0.15) is 46.0 Å². The van der Waals surface area contributed by atoms with E-state index < -0.39 is 0 Å². The van der Waals surface area contributed by atoms with Gasteiger partial charge in [0, 0.05) is 0 Å². The minimum absolute atomic E-state index is 0.0184. The van der Waals surface area contributed by atoms with Crippen molar-refractivity contribution < 1.29 is 5.11 Å². The molecule has 0 saturated heterocycles. The van der Waals surface area contributed by atoms with Crippen LogP contribution in [0, 0.1) is 17.3 Å². The molecule has 2 bridgehead atoms. The third kappa shape index (κ3) is 1.66. The predicted molar refractivity (Wildman–Crippen MR) is 49.9 cm³/mol. The summed E-state index contributed by atoms with van der Waals surface area (Å²) in [5.74, 6) is 1.64. The molecule has 1 heteroatoms. The van der Waals surface area contributed by atoms with Gasteiger partial charge >= 0.3 is 0 Å². The summed E-state index contributed by atoms with van der Waals surface area (Å²) < 4.78 is 0. The number of aliphatic hydroxyl groups is 1. The van der Waals surface area contributed by atoms with E-state index >= 15 is 0 Å². The van der Waals surface area contributed by atoms with E-state index in [-0.39, 0.29) is 6.10 Å². The minimum atomic E-state index is 0.0184. The Kier molecular flexibility index (Phi) is 1.95. The van der Waals surface area contributed by atoms with Gasteiger partial charge in [-0.05, 0) is 49.4 Å². The quantitative estimate of drug-likeness (QED) is 0.589. The Morgan fingerprint density at radius 1 is 1.00 bits per heavy atom. The Labute approximate surface area is 75.2 Å². The lowest BCUT2D eigenvalue weighted by Crippen LogP contribution is -2.36. The molecule has 0 aromatic carbocycles. The largest absolute Gasteiger partial charge is 0.393 e. The van der Waals surface area contributed by atoms with E-state index in [1.165, 1.54) is 19.3 Å². The summed E-state index contributed by atoms with van der Waals surface area (Å²) in [5.41, 5.74) is 0.549. The van der Waals surface area contributed by atoms with Crippen LogP contribution in [0.25, 0.3) is 0 Å². The average molecular weight is 168 g/mol. The Morgan fingerprint density at radius 2 is 1.50 bits per heavy atom. The highest BCUT2D eigenvalue weighted by molar-refractivity contribution is 4.90. The first-order chi connectivity index (χ1) is 5.55. The summed E-state index contributed by atoms with van der Waals surface area (Å²) in [6.07, 6.45) is 6.21. The number of fused-ring (bicyclic) bond motifs is 2. The average Bonchev–Trinajstić information content (AvgIpc) is 1.78. The topological polar surface area (TPSA) is 20.2 Å². The fourth-order valence-corrected chi connectivity index (χ4v) is 3.51. The molecule has 70 valence electrons. The van der Waals surface area contributed by atoms with E-state index in [0.717, 1.165) is 24.7 Å². The molecule has 0 aliphatic heterocycles. The van der Waals surface area contributed by atoms with Crippen molar-refractivity contribution in [2.75, 3.05) is 0 Å². The minimum Gasteiger partial charge on any atom is -0.393 e. The van der Waals surface area contributed by atoms with Crippen LogP contribution in [0.15, 0.2) is 0 Å². The fourth-order valence-electron chi connectivity index (χ4n) is 3.51. The van der Waals surface area contributed by atoms with Gasteiger partial charge in [0.05, 0.1) is 6.10 Å². The van der Waals surface area contributed by atoms with Crippen LogP contribution in [0.2, 0.25) is 0 Å². The summed E-state index contributed by atoms with van der Waals surface area (Å²) in [6.45, 7) is 4.76. The standard InChI is InChI=1S/C11H20O/c1-11(2)6-8-3-9(7-11)5-10(12)4-8/h8-10,12H,3-7H2,1-2H3. The van der Waals surface area contributed by atoms with Gasteiger partial charge in [-0.2, -0.15) is 0 Å². The number of hydrogen-bond donors (Lipinski definition) is 1. The van der Waals surface area contributed by atoms with E-state index in [9.17, 15) is 5.11 Å². The second-order valence-electron chi connectivity index (χ2n) is 5.67. The molecule has 1 nitrogen and oxygen atoms in total. The second-order valence-corrected chi connectivity index (χ2v) is 5.67. The molecule has 0 radical (unpaired) electrons. The van der Waals surface area contributed by atoms with Gasteiger partial charge in [0.15, 0.2) is 0 Å². The smallest absolute Gasteiger partial charge is 0.0545 e. The van der Waals surface area contributed by atoms with Crippen molar-refractivity contribution in [1.82, 2.24) is 0 Å². The molecule has 0 aromatic rings. The molecule has 0 spiro atoms. The highest BCUT2D eigenvalue weighted by Gasteiger charge is 2.38. The molecule has 2 aliphatic rings. The molecule has 2 atom stereocenters. The van der Waals surface area contributed by atoms with Crippen molar-refractivity contribution in [1.29, 1.82) is 0 Å². The van der Waals surface area contributed by atoms with Gasteiger partial charge in [0.1, 0.15) is 0 Å². The Morgan fingerprint density at radius 3 is 2.00 bits per heavy atom. The summed E-state index contributed by atoms with van der Waals surface area (Å²) in [7, 11) is 0. The molecular weight excluding hydrogens is 148 g/mol. The molecule has 1 N–H and O–H groups in total. The first-order valence-electron chi connectivity index (χ1n) is 5.23. The third-order valence-electron chi connectivity index (χ3n) is 3.56. The van der Waals surface area contributed by atoms with Crippen LogP contribution in [0.5, 0.6) is 0 Å². The summed E-state index contributed by atoms with van der Waals surface area (Å²) >= 11 is 0. The molecule has 2 unspecified atom stereocenters. The zero-order valence-electron chi connectivity index (χ0n) is 8.21. The van der Waals surface area contributed by atoms with Crippen molar-refractivity contribution in [2.45, 2.75) is 52.1 Å². The molecule has 2 rings (SSSR count). The Bertz CT molecular complexity index is 154. The molecular formula is C11H20O. The van der Waals surface area contributed by atoms with Gasteiger partial charge in [-0.1, -0.05) is 13.8 Å². The lowest BCUT2D eigenvalue weighted by Gasteiger charge is -2.45. The maximum atomic E-state index is 9.59. The van der Waals surface area contributed by atoms with Crippen LogP contribution in [-0.4, -0.2) is 11.2 Å². The molecule has 2 aliphatic carbocycles. The highest BCUT2D eigenvalue weighted by atomic mass is 16.3. The number of aliphatic hydroxyl groups excluding tert-OH is 1. The lowest BCUT2D eigenvalue weighted by molar-refractivity contribution is 0.00331. The zero-order chi connectivity index (χ0) is 8.77. The normalized spacial score (nSPS) is 45.8. The van der Waals surface area contributed by atoms with Gasteiger partial charge in [-0.3, -0.25) is 0 Å². The highest BCUT2D eigenvalue weighted by Crippen LogP contribution is 2.48. The summed E-state index contributed by atoms with van der Waals surface area (Å²) in [5, 5.41) is 9.59. The monoisotopic (exact) mass is 168 g/mol. The summed E-state index contributed by atoms with van der Waals surface area (Å²) in [4.78, 5) is 0. The zero-order valence-corrected chi connectivity index (χ0v) is 8.21. The Balaban J connectivity index is 2.06. The van der Waals surface area contributed by atoms with Gasteiger partial charge in [-0.25, -0.2) is 0 Å². The van der Waals surface area contributed by atoms with Gasteiger partial charge in [0.25, 0.3) is 0 Å². The maximum absolute atomic E-state index is 9.59. The number of hydrogen-bond acceptors (Lipinski definition) is 1. The van der Waals surface area contributed by atoms with E-state index in [0.29, 0.717) is 5.41 Å². The molecule has 2 saturated carbocycles.